The summed E-state index contributed by atoms with van der Waals surface area (Å²) in [6.07, 6.45) is 3.36. The predicted octanol–water partition coefficient (Wildman–Crippen LogP) is 2.28. The third-order valence-electron chi connectivity index (χ3n) is 4.15. The van der Waals surface area contributed by atoms with E-state index in [4.69, 9.17) is 9.47 Å². The number of benzene rings is 1. The number of ether oxygens (including phenoxy) is 2. The molecule has 0 aliphatic carbocycles. The molecule has 1 heterocycles. The molecule has 0 spiro atoms. The Morgan fingerprint density at radius 1 is 1.34 bits per heavy atom. The maximum Gasteiger partial charge on any atom is 0.191 e. The molecule has 2 aromatic rings. The van der Waals surface area contributed by atoms with E-state index in [9.17, 15) is 5.11 Å². The van der Waals surface area contributed by atoms with Crippen molar-refractivity contribution in [3.63, 3.8) is 0 Å². The van der Waals surface area contributed by atoms with Gasteiger partial charge in [-0.15, -0.1) is 24.0 Å². The highest BCUT2D eigenvalue weighted by Gasteiger charge is 2.24. The molecule has 29 heavy (non-hydrogen) atoms. The molecule has 1 aromatic carbocycles. The molecular weight excluding hydrogens is 485 g/mol. The summed E-state index contributed by atoms with van der Waals surface area (Å²) < 4.78 is 12.8. The molecule has 3 N–H and O–H groups in total. The van der Waals surface area contributed by atoms with Gasteiger partial charge in [-0.1, -0.05) is 6.07 Å². The number of hydrogen-bond acceptors (Lipinski definition) is 5. The molecule has 2 unspecified atom stereocenters. The first kappa shape index (κ1) is 25.0. The van der Waals surface area contributed by atoms with Crippen molar-refractivity contribution in [2.45, 2.75) is 32.5 Å². The highest BCUT2D eigenvalue weighted by Crippen LogP contribution is 2.20. The Morgan fingerprint density at radius 2 is 2.07 bits per heavy atom. The average molecular weight is 517 g/mol. The number of guanidine groups is 1. The Balaban J connectivity index is 0.00000420. The van der Waals surface area contributed by atoms with Crippen LogP contribution in [0.1, 0.15) is 26.3 Å². The fourth-order valence-electron chi connectivity index (χ4n) is 2.55. The van der Waals surface area contributed by atoms with Crippen LogP contribution >= 0.6 is 24.0 Å². The van der Waals surface area contributed by atoms with Crippen molar-refractivity contribution in [1.29, 1.82) is 0 Å². The van der Waals surface area contributed by atoms with Crippen molar-refractivity contribution in [3.05, 3.63) is 42.2 Å². The Morgan fingerprint density at radius 3 is 2.69 bits per heavy atom. The van der Waals surface area contributed by atoms with Gasteiger partial charge in [-0.25, -0.2) is 4.99 Å². The first-order valence-electron chi connectivity index (χ1n) is 9.38. The minimum atomic E-state index is -1.10. The summed E-state index contributed by atoms with van der Waals surface area (Å²) in [6, 6.07) is 7.50. The molecule has 0 amide bonds. The lowest BCUT2D eigenvalue weighted by atomic mass is 10.0. The third-order valence-corrected chi connectivity index (χ3v) is 4.15. The topological polar surface area (TPSA) is 92.9 Å². The van der Waals surface area contributed by atoms with Gasteiger partial charge in [0.05, 0.1) is 26.4 Å². The number of aliphatic imine (C=N–C) groups is 1. The third kappa shape index (κ3) is 8.09. The molecule has 9 heteroatoms. The molecule has 162 valence electrons. The van der Waals surface area contributed by atoms with Gasteiger partial charge in [-0.05, 0) is 32.9 Å². The van der Waals surface area contributed by atoms with Gasteiger partial charge in [0, 0.05) is 31.4 Å². The second kappa shape index (κ2) is 11.9. The highest BCUT2D eigenvalue weighted by atomic mass is 127. The standard InChI is InChI=1S/C20H31N5O3.HI/c1-6-21-19(23-14-20(3,26)16-12-24-25(4)13-16)22-11-15(2)28-18-9-7-8-17(10-18)27-5;/h7-10,12-13,15,26H,6,11,14H2,1-5H3,(H2,21,22,23);1H. The molecule has 8 nitrogen and oxygen atoms in total. The van der Waals surface area contributed by atoms with Crippen LogP contribution in [0.25, 0.3) is 0 Å². The normalized spacial score (nSPS) is 14.3. The smallest absolute Gasteiger partial charge is 0.191 e. The number of aromatic nitrogens is 2. The lowest BCUT2D eigenvalue weighted by Crippen LogP contribution is -2.42. The van der Waals surface area contributed by atoms with E-state index in [2.05, 4.69) is 20.7 Å². The Kier molecular flexibility index (Phi) is 10.2. The zero-order valence-electron chi connectivity index (χ0n) is 17.7. The maximum atomic E-state index is 10.7. The van der Waals surface area contributed by atoms with Crippen LogP contribution in [-0.4, -0.2) is 53.7 Å². The van der Waals surface area contributed by atoms with Crippen molar-refractivity contribution in [3.8, 4) is 11.5 Å². The maximum absolute atomic E-state index is 10.7. The highest BCUT2D eigenvalue weighted by molar-refractivity contribution is 14.0. The van der Waals surface area contributed by atoms with E-state index in [1.807, 2.05) is 45.2 Å². The second-order valence-corrected chi connectivity index (χ2v) is 6.86. The fourth-order valence-corrected chi connectivity index (χ4v) is 2.55. The van der Waals surface area contributed by atoms with Crippen LogP contribution in [-0.2, 0) is 12.6 Å². The molecule has 0 bridgehead atoms. The number of hydrogen-bond donors (Lipinski definition) is 3. The molecule has 0 fully saturated rings. The summed E-state index contributed by atoms with van der Waals surface area (Å²) in [4.78, 5) is 4.51. The molecule has 0 saturated carbocycles. The van der Waals surface area contributed by atoms with Crippen molar-refractivity contribution in [2.75, 3.05) is 26.7 Å². The average Bonchev–Trinajstić information content (AvgIpc) is 3.11. The minimum absolute atomic E-state index is 0. The lowest BCUT2D eigenvalue weighted by molar-refractivity contribution is 0.0671. The van der Waals surface area contributed by atoms with E-state index in [1.54, 1.807) is 31.1 Å². The molecule has 0 saturated heterocycles. The summed E-state index contributed by atoms with van der Waals surface area (Å²) in [5.41, 5.74) is -0.372. The van der Waals surface area contributed by atoms with E-state index in [0.29, 0.717) is 19.0 Å². The minimum Gasteiger partial charge on any atom is -0.497 e. The molecular formula is C20H32IN5O3. The Labute approximate surface area is 189 Å². The van der Waals surface area contributed by atoms with Gasteiger partial charge in [0.15, 0.2) is 5.96 Å². The van der Waals surface area contributed by atoms with Crippen molar-refractivity contribution in [1.82, 2.24) is 20.4 Å². The van der Waals surface area contributed by atoms with Gasteiger partial charge >= 0.3 is 0 Å². The summed E-state index contributed by atoms with van der Waals surface area (Å²) in [7, 11) is 3.45. The molecule has 1 aromatic heterocycles. The van der Waals surface area contributed by atoms with Crippen LogP contribution < -0.4 is 20.1 Å². The predicted molar refractivity (Wildman–Crippen MR) is 125 cm³/mol. The number of aryl methyl sites for hydroxylation is 1. The number of halogens is 1. The molecule has 2 rings (SSSR count). The molecule has 0 aliphatic heterocycles. The van der Waals surface area contributed by atoms with Crippen molar-refractivity contribution >= 4 is 29.9 Å². The number of aliphatic hydroxyl groups is 1. The van der Waals surface area contributed by atoms with E-state index < -0.39 is 5.60 Å². The van der Waals surface area contributed by atoms with E-state index in [0.717, 1.165) is 17.1 Å². The van der Waals surface area contributed by atoms with Crippen LogP contribution in [0.2, 0.25) is 0 Å². The zero-order chi connectivity index (χ0) is 20.6. The largest absolute Gasteiger partial charge is 0.497 e. The number of nitrogens with one attached hydrogen (secondary N) is 2. The number of nitrogens with zero attached hydrogens (tertiary/aromatic N) is 3. The van der Waals surface area contributed by atoms with E-state index in [-0.39, 0.29) is 36.6 Å². The van der Waals surface area contributed by atoms with E-state index >= 15 is 0 Å². The Bertz CT molecular complexity index is 779. The molecule has 2 atom stereocenters. The van der Waals surface area contributed by atoms with Gasteiger partial charge < -0.3 is 25.2 Å². The Hall–Kier alpha value is -2.01. The number of rotatable bonds is 9. The van der Waals surface area contributed by atoms with Crippen LogP contribution in [0.3, 0.4) is 0 Å². The lowest BCUT2D eigenvalue weighted by Gasteiger charge is -2.21. The zero-order valence-corrected chi connectivity index (χ0v) is 20.0. The summed E-state index contributed by atoms with van der Waals surface area (Å²) >= 11 is 0. The van der Waals surface area contributed by atoms with E-state index in [1.165, 1.54) is 0 Å². The SMILES string of the molecule is CCNC(=NCC(C)(O)c1cnn(C)c1)NCC(C)Oc1cccc(OC)c1.I. The van der Waals surface area contributed by atoms with Gasteiger partial charge in [-0.3, -0.25) is 4.68 Å². The quantitative estimate of drug-likeness (QED) is 0.269. The fraction of sp³-hybridized carbons (Fsp3) is 0.500. The van der Waals surface area contributed by atoms with Crippen molar-refractivity contribution < 1.29 is 14.6 Å². The van der Waals surface area contributed by atoms with Crippen LogP contribution in [0.4, 0.5) is 0 Å². The van der Waals surface area contributed by atoms with Gasteiger partial charge in [0.1, 0.15) is 23.2 Å². The second-order valence-electron chi connectivity index (χ2n) is 6.86. The van der Waals surface area contributed by atoms with Gasteiger partial charge in [0.2, 0.25) is 0 Å². The van der Waals surface area contributed by atoms with Crippen molar-refractivity contribution in [2.24, 2.45) is 12.0 Å². The first-order valence-corrected chi connectivity index (χ1v) is 9.38. The van der Waals surface area contributed by atoms with Gasteiger partial charge in [-0.2, -0.15) is 5.10 Å². The summed E-state index contributed by atoms with van der Waals surface area (Å²) in [6.45, 7) is 7.17. The molecule has 0 aliphatic rings. The summed E-state index contributed by atoms with van der Waals surface area (Å²) in [5, 5.41) is 21.2. The monoisotopic (exact) mass is 517 g/mol. The first-order chi connectivity index (χ1) is 13.3. The molecule has 0 radical (unpaired) electrons. The van der Waals surface area contributed by atoms with Gasteiger partial charge in [0.25, 0.3) is 0 Å². The van der Waals surface area contributed by atoms with Crippen LogP contribution in [0.15, 0.2) is 41.7 Å². The van der Waals surface area contributed by atoms with Crippen LogP contribution in [0, 0.1) is 0 Å². The summed E-state index contributed by atoms with van der Waals surface area (Å²) in [5.74, 6) is 2.12. The number of methoxy groups -OCH3 is 1. The van der Waals surface area contributed by atoms with Crippen LogP contribution in [0.5, 0.6) is 11.5 Å².